The number of hydrogen-bond acceptors (Lipinski definition) is 4. The van der Waals surface area contributed by atoms with Gasteiger partial charge in [-0.1, -0.05) is 18.2 Å². The Labute approximate surface area is 152 Å². The fourth-order valence-electron chi connectivity index (χ4n) is 3.10. The smallest absolute Gasteiger partial charge is 0.254 e. The van der Waals surface area contributed by atoms with Gasteiger partial charge in [-0.15, -0.1) is 0 Å². The molecule has 3 rings (SSSR count). The zero-order chi connectivity index (χ0) is 18.7. The number of carbonyl (C=O) groups is 1. The summed E-state index contributed by atoms with van der Waals surface area (Å²) in [5.74, 6) is -0.0535. The second-order valence-electron chi connectivity index (χ2n) is 6.35. The van der Waals surface area contributed by atoms with Gasteiger partial charge < -0.3 is 9.64 Å². The molecule has 2 aromatic rings. The summed E-state index contributed by atoms with van der Waals surface area (Å²) >= 11 is 0. The average Bonchev–Trinajstić information content (AvgIpc) is 3.00. The maximum atomic E-state index is 13.2. The van der Waals surface area contributed by atoms with Gasteiger partial charge in [0.05, 0.1) is 18.6 Å². The van der Waals surface area contributed by atoms with Crippen LogP contribution in [0.15, 0.2) is 48.5 Å². The molecule has 138 valence electrons. The van der Waals surface area contributed by atoms with Crippen molar-refractivity contribution < 1.29 is 22.3 Å². The van der Waals surface area contributed by atoms with E-state index in [-0.39, 0.29) is 29.8 Å². The van der Waals surface area contributed by atoms with E-state index in [2.05, 4.69) is 0 Å². The van der Waals surface area contributed by atoms with Crippen molar-refractivity contribution in [3.05, 3.63) is 65.5 Å². The highest BCUT2D eigenvalue weighted by molar-refractivity contribution is 7.91. The molecular formula is C19H20FNO4S. The van der Waals surface area contributed by atoms with Gasteiger partial charge in [-0.25, -0.2) is 12.8 Å². The van der Waals surface area contributed by atoms with E-state index >= 15 is 0 Å². The Balaban J connectivity index is 1.91. The van der Waals surface area contributed by atoms with E-state index in [0.29, 0.717) is 17.7 Å². The van der Waals surface area contributed by atoms with E-state index in [4.69, 9.17) is 4.74 Å². The Morgan fingerprint density at radius 3 is 2.58 bits per heavy atom. The Kier molecular flexibility index (Phi) is 5.27. The third-order valence-corrected chi connectivity index (χ3v) is 6.24. The molecule has 2 aromatic carbocycles. The predicted molar refractivity (Wildman–Crippen MR) is 96.3 cm³/mol. The zero-order valence-corrected chi connectivity index (χ0v) is 15.2. The lowest BCUT2D eigenvalue weighted by Gasteiger charge is -2.28. The molecule has 1 aliphatic heterocycles. The molecule has 0 aliphatic carbocycles. The van der Waals surface area contributed by atoms with E-state index in [0.717, 1.165) is 5.56 Å². The topological polar surface area (TPSA) is 63.7 Å². The third-order valence-electron chi connectivity index (χ3n) is 4.49. The maximum Gasteiger partial charge on any atom is 0.254 e. The van der Waals surface area contributed by atoms with Crippen molar-refractivity contribution in [1.29, 1.82) is 0 Å². The van der Waals surface area contributed by atoms with Crippen LogP contribution in [-0.2, 0) is 16.4 Å². The number of methoxy groups -OCH3 is 1. The van der Waals surface area contributed by atoms with Gasteiger partial charge in [-0.2, -0.15) is 0 Å². The normalized spacial score (nSPS) is 18.5. The van der Waals surface area contributed by atoms with Gasteiger partial charge in [-0.3, -0.25) is 4.79 Å². The fraction of sp³-hybridized carbons (Fsp3) is 0.316. The Bertz CT molecular complexity index is 896. The molecule has 1 atom stereocenters. The van der Waals surface area contributed by atoms with Crippen LogP contribution in [0.3, 0.4) is 0 Å². The molecule has 1 unspecified atom stereocenters. The molecule has 0 spiro atoms. The van der Waals surface area contributed by atoms with E-state index < -0.39 is 15.9 Å². The summed E-state index contributed by atoms with van der Waals surface area (Å²) in [4.78, 5) is 14.6. The van der Waals surface area contributed by atoms with Gasteiger partial charge in [0.15, 0.2) is 9.84 Å². The standard InChI is InChI=1S/C19H20FNO4S/c1-25-18-4-2-3-15(11-18)19(22)21(17-9-10-26(23,24)13-17)12-14-5-7-16(20)8-6-14/h2-8,11,17H,9-10,12-13H2,1H3. The second kappa shape index (κ2) is 7.45. The van der Waals surface area contributed by atoms with Crippen LogP contribution < -0.4 is 4.74 Å². The monoisotopic (exact) mass is 377 g/mol. The van der Waals surface area contributed by atoms with Crippen LogP contribution in [0.5, 0.6) is 5.75 Å². The van der Waals surface area contributed by atoms with Crippen LogP contribution in [0.2, 0.25) is 0 Å². The summed E-state index contributed by atoms with van der Waals surface area (Å²) in [7, 11) is -1.63. The molecule has 7 heteroatoms. The number of amides is 1. The molecule has 26 heavy (non-hydrogen) atoms. The average molecular weight is 377 g/mol. The number of halogens is 1. The van der Waals surface area contributed by atoms with Gasteiger partial charge in [0.25, 0.3) is 5.91 Å². The van der Waals surface area contributed by atoms with Crippen LogP contribution in [-0.4, -0.2) is 43.9 Å². The van der Waals surface area contributed by atoms with Crippen molar-refractivity contribution in [3.8, 4) is 5.75 Å². The molecule has 1 fully saturated rings. The maximum absolute atomic E-state index is 13.2. The minimum Gasteiger partial charge on any atom is -0.497 e. The van der Waals surface area contributed by atoms with Gasteiger partial charge >= 0.3 is 0 Å². The number of sulfone groups is 1. The molecule has 1 amide bonds. The second-order valence-corrected chi connectivity index (χ2v) is 8.58. The largest absolute Gasteiger partial charge is 0.497 e. The quantitative estimate of drug-likeness (QED) is 0.804. The van der Waals surface area contributed by atoms with Crippen molar-refractivity contribution in [3.63, 3.8) is 0 Å². The molecule has 0 bridgehead atoms. The summed E-state index contributed by atoms with van der Waals surface area (Å²) in [5, 5.41) is 0. The lowest BCUT2D eigenvalue weighted by Crippen LogP contribution is -2.40. The molecule has 1 aliphatic rings. The molecule has 5 nitrogen and oxygen atoms in total. The lowest BCUT2D eigenvalue weighted by atomic mass is 10.1. The van der Waals surface area contributed by atoms with Crippen molar-refractivity contribution >= 4 is 15.7 Å². The van der Waals surface area contributed by atoms with E-state index in [1.54, 1.807) is 41.3 Å². The van der Waals surface area contributed by atoms with E-state index in [1.165, 1.54) is 19.2 Å². The predicted octanol–water partition coefficient (Wildman–Crippen LogP) is 2.66. The summed E-state index contributed by atoms with van der Waals surface area (Å²) in [6.45, 7) is 0.219. The van der Waals surface area contributed by atoms with Crippen molar-refractivity contribution in [2.24, 2.45) is 0 Å². The molecule has 1 heterocycles. The molecule has 0 saturated carbocycles. The van der Waals surface area contributed by atoms with Crippen molar-refractivity contribution in [1.82, 2.24) is 4.90 Å². The number of ether oxygens (including phenoxy) is 1. The highest BCUT2D eigenvalue weighted by Gasteiger charge is 2.35. The SMILES string of the molecule is COc1cccc(C(=O)N(Cc2ccc(F)cc2)C2CCS(=O)(=O)C2)c1. The Morgan fingerprint density at radius 2 is 1.96 bits per heavy atom. The summed E-state index contributed by atoms with van der Waals surface area (Å²) in [5.41, 5.74) is 1.17. The van der Waals surface area contributed by atoms with E-state index in [9.17, 15) is 17.6 Å². The first-order valence-corrected chi connectivity index (χ1v) is 10.1. The Hall–Kier alpha value is -2.41. The molecule has 0 N–H and O–H groups in total. The fourth-order valence-corrected chi connectivity index (χ4v) is 4.83. The number of carbonyl (C=O) groups excluding carboxylic acids is 1. The van der Waals surface area contributed by atoms with Gasteiger partial charge in [0.2, 0.25) is 0 Å². The van der Waals surface area contributed by atoms with Crippen LogP contribution in [0.1, 0.15) is 22.3 Å². The summed E-state index contributed by atoms with van der Waals surface area (Å²) < 4.78 is 42.1. The first-order chi connectivity index (χ1) is 12.4. The lowest BCUT2D eigenvalue weighted by molar-refractivity contribution is 0.0680. The number of rotatable bonds is 5. The number of benzene rings is 2. The summed E-state index contributed by atoms with van der Waals surface area (Å²) in [6.07, 6.45) is 0.402. The van der Waals surface area contributed by atoms with Crippen LogP contribution in [0.25, 0.3) is 0 Å². The van der Waals surface area contributed by atoms with Crippen LogP contribution in [0.4, 0.5) is 4.39 Å². The first-order valence-electron chi connectivity index (χ1n) is 8.28. The zero-order valence-electron chi connectivity index (χ0n) is 14.4. The summed E-state index contributed by atoms with van der Waals surface area (Å²) in [6, 6.07) is 12.2. The number of hydrogen-bond donors (Lipinski definition) is 0. The minimum absolute atomic E-state index is 0.0517. The van der Waals surface area contributed by atoms with Crippen molar-refractivity contribution in [2.45, 2.75) is 19.0 Å². The van der Waals surface area contributed by atoms with E-state index in [1.807, 2.05) is 0 Å². The molecule has 0 radical (unpaired) electrons. The van der Waals surface area contributed by atoms with Crippen LogP contribution in [0, 0.1) is 5.82 Å². The van der Waals surface area contributed by atoms with Gasteiger partial charge in [0, 0.05) is 18.2 Å². The molecular weight excluding hydrogens is 357 g/mol. The highest BCUT2D eigenvalue weighted by atomic mass is 32.2. The number of nitrogens with zero attached hydrogens (tertiary/aromatic N) is 1. The van der Waals surface area contributed by atoms with Crippen LogP contribution >= 0.6 is 0 Å². The minimum atomic E-state index is -3.15. The third kappa shape index (κ3) is 4.22. The van der Waals surface area contributed by atoms with Gasteiger partial charge in [0.1, 0.15) is 11.6 Å². The van der Waals surface area contributed by atoms with Gasteiger partial charge in [-0.05, 0) is 42.3 Å². The molecule has 1 saturated heterocycles. The molecule has 0 aromatic heterocycles. The van der Waals surface area contributed by atoms with Crippen molar-refractivity contribution in [2.75, 3.05) is 18.6 Å². The highest BCUT2D eigenvalue weighted by Crippen LogP contribution is 2.24. The first kappa shape index (κ1) is 18.4. The Morgan fingerprint density at radius 1 is 1.23 bits per heavy atom.